The molecule has 0 heterocycles. The van der Waals surface area contributed by atoms with E-state index in [1.54, 1.807) is 0 Å². The first-order valence-electron chi connectivity index (χ1n) is 2.50. The van der Waals surface area contributed by atoms with Gasteiger partial charge in [0.2, 0.25) is 0 Å². The molecule has 0 atom stereocenters. The lowest BCUT2D eigenvalue weighted by Gasteiger charge is -1.79. The van der Waals surface area contributed by atoms with E-state index in [1.807, 2.05) is 0 Å². The zero-order valence-corrected chi connectivity index (χ0v) is 8.61. The maximum atomic E-state index is 9.08. The van der Waals surface area contributed by atoms with Crippen molar-refractivity contribution in [1.82, 2.24) is 0 Å². The number of hydrogen-bond donors (Lipinski definition) is 7. The highest BCUT2D eigenvalue weighted by atomic mass is 32.3. The van der Waals surface area contributed by atoms with Gasteiger partial charge in [-0.05, 0) is 0 Å². The van der Waals surface area contributed by atoms with Crippen LogP contribution >= 0.6 is 0 Å². The minimum Gasteiger partial charge on any atom is -0.402 e. The number of hydrogen-bond acceptors (Lipinski definition) is 11. The monoisotopic (exact) mass is 346 g/mol. The third kappa shape index (κ3) is 89.7. The summed E-state index contributed by atoms with van der Waals surface area (Å²) in [7, 11) is -11.4. The first-order chi connectivity index (χ1) is 6.85. The predicted molar refractivity (Wildman–Crippen MR) is 61.4 cm³/mol. The fourth-order valence-electron chi connectivity index (χ4n) is 0. The molecule has 18 heteroatoms. The van der Waals surface area contributed by atoms with Crippen LogP contribution < -0.4 is 0 Å². The van der Waals surface area contributed by atoms with E-state index in [1.165, 1.54) is 0 Å². The summed E-state index contributed by atoms with van der Waals surface area (Å²) < 4.78 is 55.9. The highest BCUT2D eigenvalue weighted by Crippen LogP contribution is 1.74. The van der Waals surface area contributed by atoms with Crippen LogP contribution in [0.4, 0.5) is 0 Å². The van der Waals surface area contributed by atoms with E-state index in [2.05, 4.69) is 8.67 Å². The van der Waals surface area contributed by atoms with Crippen LogP contribution in [0, 0.1) is 0 Å². The minimum atomic E-state index is -4.61. The van der Waals surface area contributed by atoms with Crippen LogP contribution in [0.3, 0.4) is 0 Å². The van der Waals surface area contributed by atoms with Gasteiger partial charge in [-0.2, -0.15) is 16.8 Å². The van der Waals surface area contributed by atoms with Crippen molar-refractivity contribution in [2.45, 2.75) is 0 Å². The van der Waals surface area contributed by atoms with E-state index in [4.69, 9.17) is 51.5 Å². The van der Waals surface area contributed by atoms with E-state index >= 15 is 0 Å². The summed E-state index contributed by atoms with van der Waals surface area (Å²) in [6.07, 6.45) is 0. The molecule has 0 spiro atoms. The lowest BCUT2D eigenvalue weighted by Crippen LogP contribution is -2.07. The summed E-state index contributed by atoms with van der Waals surface area (Å²) in [6, 6.07) is 0. The Morgan fingerprint density at radius 2 is 0.833 bits per heavy atom. The molecule has 13 nitrogen and oxygen atoms in total. The van der Waals surface area contributed by atoms with Crippen molar-refractivity contribution < 1.29 is 60.2 Å². The van der Waals surface area contributed by atoms with Crippen LogP contribution in [0.5, 0.6) is 0 Å². The Kier molecular flexibility index (Phi) is 27.8. The van der Waals surface area contributed by atoms with Crippen molar-refractivity contribution >= 4 is 68.5 Å². The van der Waals surface area contributed by atoms with Gasteiger partial charge >= 0.3 is 51.2 Å². The van der Waals surface area contributed by atoms with Crippen LogP contribution in [0.2, 0.25) is 0 Å². The molecule has 0 aromatic heterocycles. The molecule has 0 aromatic rings. The largest absolute Gasteiger partial charge is 0.631 e. The van der Waals surface area contributed by atoms with Gasteiger partial charge in [-0.3, -0.25) is 9.11 Å². The van der Waals surface area contributed by atoms with Crippen LogP contribution in [0.15, 0.2) is 0 Å². The Labute approximate surface area is 128 Å². The van der Waals surface area contributed by atoms with Gasteiger partial charge in [-0.25, -0.2) is 10.5 Å². The first kappa shape index (κ1) is 31.3. The molecule has 0 saturated heterocycles. The maximum absolute atomic E-state index is 9.08. The average Bonchev–Trinajstić information content (AvgIpc) is 2.02. The zero-order valence-electron chi connectivity index (χ0n) is 6.97. The highest BCUT2D eigenvalue weighted by molar-refractivity contribution is 7.81. The second-order valence-electron chi connectivity index (χ2n) is 1.35. The second-order valence-corrected chi connectivity index (χ2v) is 3.36. The molecule has 0 aliphatic carbocycles. The second kappa shape index (κ2) is 16.0. The third-order valence-corrected chi connectivity index (χ3v) is 0.565. The van der Waals surface area contributed by atoms with Gasteiger partial charge < -0.3 is 15.1 Å². The summed E-state index contributed by atoms with van der Waals surface area (Å²) in [6.45, 7) is 0. The quantitative estimate of drug-likeness (QED) is 0.107. The van der Waals surface area contributed by atoms with Gasteiger partial charge in [-0.1, -0.05) is 8.67 Å². The third-order valence-electron chi connectivity index (χ3n) is 0.188. The van der Waals surface area contributed by atoms with Gasteiger partial charge in [0, 0.05) is 0 Å². The molecular formula is H12AlBMgO13S2. The SMILES string of the molecule is O=S(=O)(O)OO.O=S(=O)(O)OO.OB(O)O.[AlH3].[MgH2]. The van der Waals surface area contributed by atoms with Gasteiger partial charge in [0.05, 0.1) is 0 Å². The molecule has 0 aliphatic rings. The average molecular weight is 346 g/mol. The molecule has 0 rings (SSSR count). The molecular weight excluding hydrogens is 334 g/mol. The highest BCUT2D eigenvalue weighted by Gasteiger charge is 1.97. The zero-order chi connectivity index (χ0) is 14.0. The van der Waals surface area contributed by atoms with Crippen LogP contribution in [0.1, 0.15) is 0 Å². The summed E-state index contributed by atoms with van der Waals surface area (Å²) >= 11 is 0. The fraction of sp³-hybridized carbons (Fsp3) is 0. The molecule has 110 valence electrons. The van der Waals surface area contributed by atoms with Crippen molar-refractivity contribution in [2.24, 2.45) is 0 Å². The first-order valence-corrected chi connectivity index (χ1v) is 5.24. The Balaban J connectivity index is -0.0000000454. The Morgan fingerprint density at radius 3 is 0.833 bits per heavy atom. The Bertz CT molecular complexity index is 295. The smallest absolute Gasteiger partial charge is 0.402 e. The van der Waals surface area contributed by atoms with Crippen molar-refractivity contribution in [3.8, 4) is 0 Å². The molecule has 0 aliphatic heterocycles. The summed E-state index contributed by atoms with van der Waals surface area (Å²) in [5.41, 5.74) is 0. The van der Waals surface area contributed by atoms with E-state index < -0.39 is 28.1 Å². The van der Waals surface area contributed by atoms with Crippen molar-refractivity contribution in [3.05, 3.63) is 0 Å². The topological polar surface area (TPSA) is 228 Å². The van der Waals surface area contributed by atoms with E-state index in [-0.39, 0.29) is 40.4 Å². The summed E-state index contributed by atoms with van der Waals surface area (Å²) in [5, 5.41) is 35.6. The molecule has 0 radical (unpaired) electrons. The van der Waals surface area contributed by atoms with E-state index in [9.17, 15) is 0 Å². The minimum absolute atomic E-state index is 0. The lowest BCUT2D eigenvalue weighted by molar-refractivity contribution is -0.139. The Hall–Kier alpha value is 0.904. The summed E-state index contributed by atoms with van der Waals surface area (Å²) in [4.78, 5) is 0. The van der Waals surface area contributed by atoms with Crippen molar-refractivity contribution in [3.63, 3.8) is 0 Å². The van der Waals surface area contributed by atoms with Crippen LogP contribution in [-0.4, -0.2) is 99.3 Å². The van der Waals surface area contributed by atoms with Gasteiger partial charge in [-0.15, -0.1) is 0 Å². The van der Waals surface area contributed by atoms with Gasteiger partial charge in [0.15, 0.2) is 17.4 Å². The van der Waals surface area contributed by atoms with E-state index in [0.29, 0.717) is 0 Å². The van der Waals surface area contributed by atoms with Gasteiger partial charge in [0.25, 0.3) is 0 Å². The van der Waals surface area contributed by atoms with Gasteiger partial charge in [0.1, 0.15) is 0 Å². The van der Waals surface area contributed by atoms with Crippen molar-refractivity contribution in [2.75, 3.05) is 0 Å². The van der Waals surface area contributed by atoms with Crippen LogP contribution in [0.25, 0.3) is 0 Å². The summed E-state index contributed by atoms with van der Waals surface area (Å²) in [5.74, 6) is 0. The van der Waals surface area contributed by atoms with Crippen LogP contribution in [-0.2, 0) is 29.5 Å². The molecule has 0 aromatic carbocycles. The number of rotatable bonds is 2. The standard InChI is InChI=1S/Al.BH3O3.Mg.2H2O5S.5H/c;2-1(3)4;;2*1-5-6(2,3)4;;;;;/h;2-4H;;2*1H,(H,2,3,4);;;;;. The molecule has 0 fully saturated rings. The predicted octanol–water partition coefficient (Wildman–Crippen LogP) is -5.59. The Morgan fingerprint density at radius 1 is 0.778 bits per heavy atom. The normalized spacial score (nSPS) is 9.28. The molecule has 0 amide bonds. The molecule has 0 unspecified atom stereocenters. The maximum Gasteiger partial charge on any atom is 0.631 e. The molecule has 0 bridgehead atoms. The fourth-order valence-corrected chi connectivity index (χ4v) is 0. The molecule has 18 heavy (non-hydrogen) atoms. The molecule has 0 saturated carbocycles. The van der Waals surface area contributed by atoms with Crippen molar-refractivity contribution in [1.29, 1.82) is 0 Å². The molecule has 7 N–H and O–H groups in total. The van der Waals surface area contributed by atoms with E-state index in [0.717, 1.165) is 0 Å². The lowest BCUT2D eigenvalue weighted by atomic mass is 10.3.